The lowest BCUT2D eigenvalue weighted by molar-refractivity contribution is 0.294. The van der Waals surface area contributed by atoms with Crippen molar-refractivity contribution in [2.45, 2.75) is 13.3 Å². The van der Waals surface area contributed by atoms with Crippen molar-refractivity contribution >= 4 is 12.4 Å². The van der Waals surface area contributed by atoms with Gasteiger partial charge in [0, 0.05) is 6.54 Å². The van der Waals surface area contributed by atoms with Crippen molar-refractivity contribution in [1.82, 2.24) is 5.32 Å². The molecule has 4 heteroatoms. The molecule has 0 bridgehead atoms. The number of benzene rings is 2. The number of halogens is 1. The average Bonchev–Trinajstić information content (AvgIpc) is 2.53. The third kappa shape index (κ3) is 7.34. The standard InChI is InChI=1S/C18H23NO2.ClH/c1-16-8-10-18(11-9-16)21-15-13-19-12-5-14-20-17-6-3-2-4-7-17;/h2-4,6-11,19H,5,12-15H2,1H3;1H. The van der Waals surface area contributed by atoms with Crippen LogP contribution in [-0.2, 0) is 0 Å². The van der Waals surface area contributed by atoms with Crippen LogP contribution in [0.4, 0.5) is 0 Å². The molecular formula is C18H24ClNO2. The number of rotatable bonds is 9. The van der Waals surface area contributed by atoms with Gasteiger partial charge in [0.1, 0.15) is 18.1 Å². The summed E-state index contributed by atoms with van der Waals surface area (Å²) in [5.41, 5.74) is 1.25. The zero-order chi connectivity index (χ0) is 14.8. The van der Waals surface area contributed by atoms with Crippen LogP contribution in [-0.4, -0.2) is 26.3 Å². The van der Waals surface area contributed by atoms with Crippen LogP contribution in [0.5, 0.6) is 11.5 Å². The van der Waals surface area contributed by atoms with Gasteiger partial charge in [-0.15, -0.1) is 12.4 Å². The Kier molecular flexibility index (Phi) is 9.12. The first-order valence-corrected chi connectivity index (χ1v) is 7.42. The fourth-order valence-corrected chi connectivity index (χ4v) is 1.90. The molecular weight excluding hydrogens is 298 g/mol. The summed E-state index contributed by atoms with van der Waals surface area (Å²) in [6.07, 6.45) is 0.986. The molecule has 0 aliphatic carbocycles. The van der Waals surface area contributed by atoms with Gasteiger partial charge in [0.05, 0.1) is 6.61 Å². The first-order chi connectivity index (χ1) is 10.3. The second kappa shape index (κ2) is 10.9. The van der Waals surface area contributed by atoms with E-state index in [0.29, 0.717) is 6.61 Å². The zero-order valence-corrected chi connectivity index (χ0v) is 13.8. The molecule has 0 saturated carbocycles. The lowest BCUT2D eigenvalue weighted by atomic mass is 10.2. The summed E-state index contributed by atoms with van der Waals surface area (Å²) in [6.45, 7) is 5.27. The zero-order valence-electron chi connectivity index (χ0n) is 13.0. The van der Waals surface area contributed by atoms with Gasteiger partial charge in [-0.3, -0.25) is 0 Å². The summed E-state index contributed by atoms with van der Waals surface area (Å²) in [4.78, 5) is 0. The topological polar surface area (TPSA) is 30.5 Å². The highest BCUT2D eigenvalue weighted by atomic mass is 35.5. The van der Waals surface area contributed by atoms with Gasteiger partial charge in [-0.2, -0.15) is 0 Å². The first-order valence-electron chi connectivity index (χ1n) is 7.42. The van der Waals surface area contributed by atoms with Gasteiger partial charge in [0.25, 0.3) is 0 Å². The third-order valence-corrected chi connectivity index (χ3v) is 3.08. The van der Waals surface area contributed by atoms with Gasteiger partial charge in [0.15, 0.2) is 0 Å². The van der Waals surface area contributed by atoms with Crippen LogP contribution in [0.15, 0.2) is 54.6 Å². The Balaban J connectivity index is 0.00000242. The number of para-hydroxylation sites is 1. The minimum atomic E-state index is 0. The molecule has 0 saturated heterocycles. The van der Waals surface area contributed by atoms with Crippen LogP contribution in [0.2, 0.25) is 0 Å². The van der Waals surface area contributed by atoms with E-state index in [1.165, 1.54) is 5.56 Å². The van der Waals surface area contributed by atoms with E-state index >= 15 is 0 Å². The van der Waals surface area contributed by atoms with Gasteiger partial charge >= 0.3 is 0 Å². The van der Waals surface area contributed by atoms with Crippen molar-refractivity contribution in [2.75, 3.05) is 26.3 Å². The van der Waals surface area contributed by atoms with Crippen LogP contribution in [0.3, 0.4) is 0 Å². The third-order valence-electron chi connectivity index (χ3n) is 3.08. The molecule has 0 aromatic heterocycles. The van der Waals surface area contributed by atoms with Crippen molar-refractivity contribution in [1.29, 1.82) is 0 Å². The maximum atomic E-state index is 5.64. The molecule has 2 aromatic rings. The Morgan fingerprint density at radius 1 is 0.773 bits per heavy atom. The summed E-state index contributed by atoms with van der Waals surface area (Å²) in [5, 5.41) is 3.35. The highest BCUT2D eigenvalue weighted by Crippen LogP contribution is 2.10. The van der Waals surface area contributed by atoms with E-state index in [0.717, 1.165) is 37.6 Å². The lowest BCUT2D eigenvalue weighted by Crippen LogP contribution is -2.23. The molecule has 0 radical (unpaired) electrons. The van der Waals surface area contributed by atoms with Gasteiger partial charge in [0.2, 0.25) is 0 Å². The predicted octanol–water partition coefficient (Wildman–Crippen LogP) is 3.85. The van der Waals surface area contributed by atoms with Crippen LogP contribution in [0.25, 0.3) is 0 Å². The average molecular weight is 322 g/mol. The van der Waals surface area contributed by atoms with Crippen LogP contribution >= 0.6 is 12.4 Å². The smallest absolute Gasteiger partial charge is 0.119 e. The fourth-order valence-electron chi connectivity index (χ4n) is 1.90. The van der Waals surface area contributed by atoms with E-state index in [-0.39, 0.29) is 12.4 Å². The SMILES string of the molecule is Cc1ccc(OCCNCCCOc2ccccc2)cc1.Cl. The lowest BCUT2D eigenvalue weighted by Gasteiger charge is -2.08. The normalized spacial score (nSPS) is 9.86. The second-order valence-electron chi connectivity index (χ2n) is 4.93. The summed E-state index contributed by atoms with van der Waals surface area (Å²) >= 11 is 0. The highest BCUT2D eigenvalue weighted by molar-refractivity contribution is 5.85. The van der Waals surface area contributed by atoms with E-state index in [1.807, 2.05) is 42.5 Å². The molecule has 0 aliphatic rings. The number of aryl methyl sites for hydroxylation is 1. The number of ether oxygens (including phenoxy) is 2. The monoisotopic (exact) mass is 321 g/mol. The Hall–Kier alpha value is -1.71. The van der Waals surface area contributed by atoms with Gasteiger partial charge in [-0.25, -0.2) is 0 Å². The fraction of sp³-hybridized carbons (Fsp3) is 0.333. The quantitative estimate of drug-likeness (QED) is 0.711. The van der Waals surface area contributed by atoms with Crippen molar-refractivity contribution in [2.24, 2.45) is 0 Å². The van der Waals surface area contributed by atoms with Crippen molar-refractivity contribution in [3.8, 4) is 11.5 Å². The van der Waals surface area contributed by atoms with Crippen LogP contribution in [0.1, 0.15) is 12.0 Å². The number of hydrogen-bond donors (Lipinski definition) is 1. The molecule has 0 amide bonds. The predicted molar refractivity (Wildman–Crippen MR) is 93.3 cm³/mol. The van der Waals surface area contributed by atoms with Gasteiger partial charge in [-0.1, -0.05) is 35.9 Å². The highest BCUT2D eigenvalue weighted by Gasteiger charge is 1.94. The molecule has 2 rings (SSSR count). The summed E-state index contributed by atoms with van der Waals surface area (Å²) < 4.78 is 11.3. The molecule has 0 aliphatic heterocycles. The molecule has 1 N–H and O–H groups in total. The summed E-state index contributed by atoms with van der Waals surface area (Å²) in [7, 11) is 0. The molecule has 2 aromatic carbocycles. The van der Waals surface area contributed by atoms with E-state index in [4.69, 9.17) is 9.47 Å². The molecule has 0 atom stereocenters. The van der Waals surface area contributed by atoms with E-state index < -0.39 is 0 Å². The minimum absolute atomic E-state index is 0. The molecule has 22 heavy (non-hydrogen) atoms. The van der Waals surface area contributed by atoms with Crippen LogP contribution < -0.4 is 14.8 Å². The minimum Gasteiger partial charge on any atom is -0.494 e. The second-order valence-corrected chi connectivity index (χ2v) is 4.93. The molecule has 0 heterocycles. The Morgan fingerprint density at radius 3 is 2.14 bits per heavy atom. The first kappa shape index (κ1) is 18.3. The van der Waals surface area contributed by atoms with E-state index in [1.54, 1.807) is 0 Å². The number of nitrogens with one attached hydrogen (secondary N) is 1. The maximum Gasteiger partial charge on any atom is 0.119 e. The summed E-state index contributed by atoms with van der Waals surface area (Å²) in [5.74, 6) is 1.86. The summed E-state index contributed by atoms with van der Waals surface area (Å²) in [6, 6.07) is 18.0. The molecule has 3 nitrogen and oxygen atoms in total. The van der Waals surface area contributed by atoms with E-state index in [9.17, 15) is 0 Å². The maximum absolute atomic E-state index is 5.64. The van der Waals surface area contributed by atoms with Crippen LogP contribution in [0, 0.1) is 6.92 Å². The van der Waals surface area contributed by atoms with Gasteiger partial charge < -0.3 is 14.8 Å². The van der Waals surface area contributed by atoms with Crippen molar-refractivity contribution in [3.05, 3.63) is 60.2 Å². The largest absolute Gasteiger partial charge is 0.494 e. The molecule has 120 valence electrons. The molecule has 0 unspecified atom stereocenters. The van der Waals surface area contributed by atoms with E-state index in [2.05, 4.69) is 24.4 Å². The van der Waals surface area contributed by atoms with Gasteiger partial charge in [-0.05, 0) is 44.2 Å². The molecule has 0 fully saturated rings. The Bertz CT molecular complexity index is 502. The van der Waals surface area contributed by atoms with Crippen molar-refractivity contribution in [3.63, 3.8) is 0 Å². The van der Waals surface area contributed by atoms with Crippen molar-refractivity contribution < 1.29 is 9.47 Å². The molecule has 0 spiro atoms. The Labute approximate surface area is 139 Å². The Morgan fingerprint density at radius 2 is 1.41 bits per heavy atom. The number of hydrogen-bond acceptors (Lipinski definition) is 3.